The van der Waals surface area contributed by atoms with Crippen molar-refractivity contribution < 1.29 is 14.4 Å². The molecule has 1 aromatic rings. The monoisotopic (exact) mass is 265 g/mol. The Hall–Kier alpha value is -1.49. The lowest BCUT2D eigenvalue weighted by molar-refractivity contribution is -0.134. The molecule has 0 bridgehead atoms. The van der Waals surface area contributed by atoms with E-state index in [-0.39, 0.29) is 30.3 Å². The normalized spacial score (nSPS) is 15.8. The highest BCUT2D eigenvalue weighted by Gasteiger charge is 2.21. The number of likely N-dealkylation sites (tertiary alicyclic amines) is 1. The smallest absolute Gasteiger partial charge is 0.223 e. The third-order valence-corrected chi connectivity index (χ3v) is 3.95. The molecule has 4 nitrogen and oxygen atoms in total. The van der Waals surface area contributed by atoms with E-state index in [9.17, 15) is 14.4 Å². The summed E-state index contributed by atoms with van der Waals surface area (Å²) in [7, 11) is 0. The summed E-state index contributed by atoms with van der Waals surface area (Å²) in [6, 6.07) is 3.60. The molecule has 0 radical (unpaired) electrons. The van der Waals surface area contributed by atoms with Gasteiger partial charge in [-0.15, -0.1) is 11.3 Å². The first-order valence-corrected chi connectivity index (χ1v) is 6.91. The Balaban J connectivity index is 1.78. The van der Waals surface area contributed by atoms with Crippen LogP contribution in [0.15, 0.2) is 17.5 Å². The Morgan fingerprint density at radius 1 is 1.22 bits per heavy atom. The van der Waals surface area contributed by atoms with Crippen LogP contribution in [0.5, 0.6) is 0 Å². The number of carbonyl (C=O) groups is 3. The zero-order valence-electron chi connectivity index (χ0n) is 10.1. The zero-order valence-corrected chi connectivity index (χ0v) is 10.9. The molecular formula is C13H15NO3S. The first-order valence-electron chi connectivity index (χ1n) is 6.03. The molecule has 0 spiro atoms. The van der Waals surface area contributed by atoms with Gasteiger partial charge in [0.05, 0.1) is 4.88 Å². The van der Waals surface area contributed by atoms with Gasteiger partial charge >= 0.3 is 0 Å². The summed E-state index contributed by atoms with van der Waals surface area (Å²) in [6.07, 6.45) is 1.39. The highest BCUT2D eigenvalue weighted by atomic mass is 32.1. The lowest BCUT2D eigenvalue weighted by atomic mass is 10.1. The molecule has 18 heavy (non-hydrogen) atoms. The summed E-state index contributed by atoms with van der Waals surface area (Å²) in [5, 5.41) is 1.85. The topological polar surface area (TPSA) is 54.5 Å². The maximum Gasteiger partial charge on any atom is 0.223 e. The van der Waals surface area contributed by atoms with Crippen LogP contribution in [0.4, 0.5) is 0 Å². The number of carbonyl (C=O) groups excluding carboxylic acids is 3. The summed E-state index contributed by atoms with van der Waals surface area (Å²) < 4.78 is 0. The minimum Gasteiger partial charge on any atom is -0.342 e. The number of nitrogens with zero attached hydrogens (tertiary/aromatic N) is 1. The van der Waals surface area contributed by atoms with E-state index in [0.717, 1.165) is 0 Å². The van der Waals surface area contributed by atoms with Gasteiger partial charge in [0.1, 0.15) is 5.78 Å². The van der Waals surface area contributed by atoms with E-state index in [1.807, 2.05) is 11.4 Å². The van der Waals surface area contributed by atoms with E-state index >= 15 is 0 Å². The maximum absolute atomic E-state index is 11.8. The molecule has 0 aromatic carbocycles. The van der Waals surface area contributed by atoms with Gasteiger partial charge in [0.2, 0.25) is 5.91 Å². The third kappa shape index (κ3) is 3.26. The molecule has 1 fully saturated rings. The Kier molecular flexibility index (Phi) is 4.25. The molecular weight excluding hydrogens is 250 g/mol. The molecule has 2 rings (SSSR count). The van der Waals surface area contributed by atoms with Crippen LogP contribution in [-0.2, 0) is 9.59 Å². The molecule has 0 aliphatic carbocycles. The number of Topliss-reactive ketones (excluding diaryl/α,β-unsaturated/α-hetero) is 2. The Labute approximate surface area is 110 Å². The first kappa shape index (κ1) is 13.0. The van der Waals surface area contributed by atoms with Gasteiger partial charge in [0.15, 0.2) is 5.78 Å². The van der Waals surface area contributed by atoms with Crippen LogP contribution in [0, 0.1) is 0 Å². The second-order valence-corrected chi connectivity index (χ2v) is 5.27. The number of piperidine rings is 1. The van der Waals surface area contributed by atoms with E-state index in [0.29, 0.717) is 30.8 Å². The van der Waals surface area contributed by atoms with Crippen molar-refractivity contribution in [2.24, 2.45) is 0 Å². The van der Waals surface area contributed by atoms with E-state index in [4.69, 9.17) is 0 Å². The van der Waals surface area contributed by atoms with Gasteiger partial charge in [-0.25, -0.2) is 0 Å². The van der Waals surface area contributed by atoms with Crippen molar-refractivity contribution in [2.45, 2.75) is 25.7 Å². The molecule has 1 amide bonds. The van der Waals surface area contributed by atoms with Crippen LogP contribution in [0.1, 0.15) is 35.4 Å². The minimum absolute atomic E-state index is 0.0198. The van der Waals surface area contributed by atoms with Crippen molar-refractivity contribution in [2.75, 3.05) is 13.1 Å². The van der Waals surface area contributed by atoms with Crippen LogP contribution < -0.4 is 0 Å². The predicted molar refractivity (Wildman–Crippen MR) is 68.7 cm³/mol. The second kappa shape index (κ2) is 5.91. The predicted octanol–water partition coefficient (Wildman–Crippen LogP) is 1.90. The molecule has 0 saturated carbocycles. The van der Waals surface area contributed by atoms with Crippen LogP contribution in [0.25, 0.3) is 0 Å². The first-order chi connectivity index (χ1) is 8.66. The quantitative estimate of drug-likeness (QED) is 0.781. The number of amides is 1. The summed E-state index contributed by atoms with van der Waals surface area (Å²) in [6.45, 7) is 1.01. The average molecular weight is 265 g/mol. The van der Waals surface area contributed by atoms with Crippen molar-refractivity contribution in [1.29, 1.82) is 0 Å². The van der Waals surface area contributed by atoms with E-state index < -0.39 is 0 Å². The molecule has 96 valence electrons. The van der Waals surface area contributed by atoms with Gasteiger partial charge in [-0.2, -0.15) is 0 Å². The van der Waals surface area contributed by atoms with E-state index in [1.165, 1.54) is 11.3 Å². The lowest BCUT2D eigenvalue weighted by Crippen LogP contribution is -2.38. The summed E-state index contributed by atoms with van der Waals surface area (Å²) in [5.41, 5.74) is 0. The Morgan fingerprint density at radius 3 is 2.56 bits per heavy atom. The van der Waals surface area contributed by atoms with Crippen molar-refractivity contribution in [3.8, 4) is 0 Å². The molecule has 5 heteroatoms. The van der Waals surface area contributed by atoms with Crippen LogP contribution >= 0.6 is 11.3 Å². The van der Waals surface area contributed by atoms with Gasteiger partial charge in [0.25, 0.3) is 0 Å². The fraction of sp³-hybridized carbons (Fsp3) is 0.462. The Morgan fingerprint density at radius 2 is 1.94 bits per heavy atom. The van der Waals surface area contributed by atoms with Crippen LogP contribution in [0.2, 0.25) is 0 Å². The molecule has 1 saturated heterocycles. The van der Waals surface area contributed by atoms with Crippen LogP contribution in [0.3, 0.4) is 0 Å². The van der Waals surface area contributed by atoms with Gasteiger partial charge in [-0.3, -0.25) is 14.4 Å². The number of rotatable bonds is 4. The second-order valence-electron chi connectivity index (χ2n) is 4.32. The summed E-state index contributed by atoms with van der Waals surface area (Å²) in [4.78, 5) is 37.0. The number of hydrogen-bond donors (Lipinski definition) is 0. The van der Waals surface area contributed by atoms with Crippen LogP contribution in [-0.4, -0.2) is 35.5 Å². The van der Waals surface area contributed by atoms with Gasteiger partial charge in [0, 0.05) is 38.8 Å². The fourth-order valence-electron chi connectivity index (χ4n) is 1.94. The molecule has 0 atom stereocenters. The van der Waals surface area contributed by atoms with Gasteiger partial charge < -0.3 is 4.90 Å². The number of thiophene rings is 1. The Bertz CT molecular complexity index is 443. The zero-order chi connectivity index (χ0) is 13.0. The molecule has 1 aliphatic heterocycles. The summed E-state index contributed by atoms with van der Waals surface area (Å²) >= 11 is 1.40. The largest absolute Gasteiger partial charge is 0.342 e. The molecule has 0 N–H and O–H groups in total. The van der Waals surface area contributed by atoms with Gasteiger partial charge in [-0.05, 0) is 11.4 Å². The highest BCUT2D eigenvalue weighted by Crippen LogP contribution is 2.14. The number of hydrogen-bond acceptors (Lipinski definition) is 4. The third-order valence-electron chi connectivity index (χ3n) is 3.04. The highest BCUT2D eigenvalue weighted by molar-refractivity contribution is 7.12. The summed E-state index contributed by atoms with van der Waals surface area (Å²) in [5.74, 6) is 0.215. The van der Waals surface area contributed by atoms with Crippen molar-refractivity contribution >= 4 is 28.8 Å². The van der Waals surface area contributed by atoms with Crippen molar-refractivity contribution in [1.82, 2.24) is 4.90 Å². The maximum atomic E-state index is 11.8. The SMILES string of the molecule is O=C1CCN(C(=O)CCC(=O)c2cccs2)CC1. The molecule has 1 aliphatic rings. The van der Waals surface area contributed by atoms with E-state index in [2.05, 4.69) is 0 Å². The molecule has 2 heterocycles. The standard InChI is InChI=1S/C13H15NO3S/c15-10-5-7-14(8-6-10)13(17)4-3-11(16)12-2-1-9-18-12/h1-2,9H,3-8H2. The minimum atomic E-state index is -0.0209. The van der Waals surface area contributed by atoms with Crippen molar-refractivity contribution in [3.63, 3.8) is 0 Å². The van der Waals surface area contributed by atoms with Crippen molar-refractivity contribution in [3.05, 3.63) is 22.4 Å². The molecule has 0 unspecified atom stereocenters. The average Bonchev–Trinajstić information content (AvgIpc) is 2.90. The molecule has 1 aromatic heterocycles. The lowest BCUT2D eigenvalue weighted by Gasteiger charge is -2.25. The van der Waals surface area contributed by atoms with E-state index in [1.54, 1.807) is 11.0 Å². The number of ketones is 2. The fourth-order valence-corrected chi connectivity index (χ4v) is 2.64. The van der Waals surface area contributed by atoms with Gasteiger partial charge in [-0.1, -0.05) is 6.07 Å².